The summed E-state index contributed by atoms with van der Waals surface area (Å²) in [4.78, 5) is 14.3. The van der Waals surface area contributed by atoms with E-state index in [2.05, 4.69) is 15.1 Å². The van der Waals surface area contributed by atoms with Gasteiger partial charge in [-0.25, -0.2) is 9.37 Å². The lowest BCUT2D eigenvalue weighted by Gasteiger charge is -2.36. The van der Waals surface area contributed by atoms with E-state index < -0.39 is 16.6 Å². The van der Waals surface area contributed by atoms with Crippen LogP contribution in [0.4, 0.5) is 21.8 Å². The minimum atomic E-state index is -1.13. The van der Waals surface area contributed by atoms with E-state index >= 15 is 0 Å². The summed E-state index contributed by atoms with van der Waals surface area (Å²) in [7, 11) is -1.13. The molecule has 2 aromatic rings. The summed E-state index contributed by atoms with van der Waals surface area (Å²) in [6.45, 7) is 6.76. The van der Waals surface area contributed by atoms with Gasteiger partial charge in [0.2, 0.25) is 5.95 Å². The summed E-state index contributed by atoms with van der Waals surface area (Å²) in [6, 6.07) is 4.68. The van der Waals surface area contributed by atoms with Crippen molar-refractivity contribution in [3.8, 4) is 0 Å². The second kappa shape index (κ2) is 9.26. The molecule has 4 rings (SSSR count). The number of aromatic nitrogens is 2. The Kier molecular flexibility index (Phi) is 6.64. The van der Waals surface area contributed by atoms with Gasteiger partial charge in [-0.3, -0.25) is 4.21 Å². The summed E-state index contributed by atoms with van der Waals surface area (Å²) < 4.78 is 26.4. The summed E-state index contributed by atoms with van der Waals surface area (Å²) >= 11 is 5.80. The molecule has 7 nitrogen and oxygen atoms in total. The van der Waals surface area contributed by atoms with Crippen molar-refractivity contribution in [3.05, 3.63) is 34.7 Å². The number of hydrogen-bond acceptors (Lipinski definition) is 7. The number of piperazine rings is 1. The molecular weight excluding hydrogens is 441 g/mol. The average Bonchev–Trinajstić information content (AvgIpc) is 3.14. The normalized spacial score (nSPS) is 19.6. The number of anilines is 3. The Morgan fingerprint density at radius 3 is 2.58 bits per heavy atom. The molecule has 0 bridgehead atoms. The van der Waals surface area contributed by atoms with Gasteiger partial charge in [-0.05, 0) is 24.1 Å². The van der Waals surface area contributed by atoms with E-state index in [1.807, 2.05) is 19.9 Å². The van der Waals surface area contributed by atoms with E-state index in [0.717, 1.165) is 11.4 Å². The molecule has 3 heterocycles. The van der Waals surface area contributed by atoms with Crippen LogP contribution in [0.15, 0.2) is 23.1 Å². The Hall–Kier alpha value is -1.97. The van der Waals surface area contributed by atoms with Crippen LogP contribution in [0.25, 0.3) is 0 Å². The molecule has 2 aliphatic rings. The molecule has 0 aliphatic carbocycles. The molecule has 0 spiro atoms. The van der Waals surface area contributed by atoms with Gasteiger partial charge >= 0.3 is 0 Å². The topological polar surface area (TPSA) is 81.6 Å². The smallest absolute Gasteiger partial charge is 0.227 e. The fraction of sp³-hybridized carbons (Fsp3) is 0.524. The van der Waals surface area contributed by atoms with E-state index in [4.69, 9.17) is 21.6 Å². The number of halogens is 2. The third kappa shape index (κ3) is 4.63. The van der Waals surface area contributed by atoms with Crippen molar-refractivity contribution < 1.29 is 13.7 Å². The summed E-state index contributed by atoms with van der Waals surface area (Å²) in [5, 5.41) is 13.2. The average molecular weight is 468 g/mol. The maximum Gasteiger partial charge on any atom is 0.227 e. The first-order valence-electron chi connectivity index (χ1n) is 10.5. The van der Waals surface area contributed by atoms with Crippen molar-refractivity contribution in [1.82, 2.24) is 9.97 Å². The second-order valence-electron chi connectivity index (χ2n) is 8.20. The van der Waals surface area contributed by atoms with Gasteiger partial charge in [0.15, 0.2) is 0 Å². The number of fused-ring (bicyclic) bond motifs is 1. The van der Waals surface area contributed by atoms with Gasteiger partial charge in [-0.2, -0.15) is 4.98 Å². The number of benzene rings is 1. The zero-order valence-corrected chi connectivity index (χ0v) is 19.2. The maximum atomic E-state index is 13.8. The Morgan fingerprint density at radius 2 is 1.94 bits per heavy atom. The van der Waals surface area contributed by atoms with E-state index in [1.54, 1.807) is 6.07 Å². The highest BCUT2D eigenvalue weighted by Gasteiger charge is 2.29. The number of hydrogen-bond donors (Lipinski definition) is 2. The van der Waals surface area contributed by atoms with Crippen LogP contribution in [0.3, 0.4) is 0 Å². The van der Waals surface area contributed by atoms with Crippen LogP contribution in [0.1, 0.15) is 19.5 Å². The SMILES string of the molecule is CC(C)[C@H](CO)Nc1nc(N2CCN(c3ccc(Cl)c(F)c3)CC2)nc2c1S(=O)CC2. The Labute approximate surface area is 189 Å². The van der Waals surface area contributed by atoms with Gasteiger partial charge in [0, 0.05) is 44.0 Å². The summed E-state index contributed by atoms with van der Waals surface area (Å²) in [5.74, 6) is 1.48. The van der Waals surface area contributed by atoms with Crippen molar-refractivity contribution in [2.24, 2.45) is 5.92 Å². The third-order valence-electron chi connectivity index (χ3n) is 5.83. The molecule has 2 atom stereocenters. The van der Waals surface area contributed by atoms with Gasteiger partial charge in [0.25, 0.3) is 0 Å². The molecule has 31 heavy (non-hydrogen) atoms. The van der Waals surface area contributed by atoms with Crippen molar-refractivity contribution in [3.63, 3.8) is 0 Å². The third-order valence-corrected chi connectivity index (χ3v) is 7.60. The molecular formula is C21H27ClFN5O2S. The minimum Gasteiger partial charge on any atom is -0.394 e. The van der Waals surface area contributed by atoms with Crippen molar-refractivity contribution in [2.75, 3.05) is 53.7 Å². The lowest BCUT2D eigenvalue weighted by Crippen LogP contribution is -2.47. The van der Waals surface area contributed by atoms with E-state index in [0.29, 0.717) is 55.0 Å². The standard InChI is InChI=1S/C21H27ClFN5O2S/c1-13(2)18(12-29)24-20-19-17(5-10-31(19)30)25-21(26-20)28-8-6-27(7-9-28)14-3-4-15(22)16(23)11-14/h3-4,11,13,18,29H,5-10,12H2,1-2H3,(H,24,25,26)/t18-,31?/m0/s1. The summed E-state index contributed by atoms with van der Waals surface area (Å²) in [6.07, 6.45) is 0.654. The highest BCUT2D eigenvalue weighted by molar-refractivity contribution is 7.85. The van der Waals surface area contributed by atoms with Crippen molar-refractivity contribution >= 4 is 39.9 Å². The quantitative estimate of drug-likeness (QED) is 0.676. The highest BCUT2D eigenvalue weighted by atomic mass is 35.5. The van der Waals surface area contributed by atoms with Gasteiger partial charge in [-0.15, -0.1) is 0 Å². The zero-order valence-electron chi connectivity index (χ0n) is 17.6. The van der Waals surface area contributed by atoms with E-state index in [1.165, 1.54) is 6.07 Å². The monoisotopic (exact) mass is 467 g/mol. The fourth-order valence-electron chi connectivity index (χ4n) is 3.87. The van der Waals surface area contributed by atoms with Crippen molar-refractivity contribution in [2.45, 2.75) is 31.2 Å². The maximum absolute atomic E-state index is 13.8. The second-order valence-corrected chi connectivity index (χ2v) is 10.1. The number of rotatable bonds is 6. The van der Waals surface area contributed by atoms with Crippen LogP contribution in [-0.4, -0.2) is 63.9 Å². The van der Waals surface area contributed by atoms with Gasteiger partial charge in [0.05, 0.1) is 34.2 Å². The Bertz CT molecular complexity index is 984. The van der Waals surface area contributed by atoms with Crippen molar-refractivity contribution in [1.29, 1.82) is 0 Å². The molecule has 2 N–H and O–H groups in total. The molecule has 1 saturated heterocycles. The molecule has 1 fully saturated rings. The first-order valence-corrected chi connectivity index (χ1v) is 12.2. The predicted molar refractivity (Wildman–Crippen MR) is 122 cm³/mol. The van der Waals surface area contributed by atoms with Gasteiger partial charge < -0.3 is 20.2 Å². The number of aliphatic hydroxyl groups is 1. The molecule has 0 saturated carbocycles. The molecule has 1 aromatic heterocycles. The van der Waals surface area contributed by atoms with Crippen LogP contribution in [-0.2, 0) is 17.2 Å². The largest absolute Gasteiger partial charge is 0.394 e. The Balaban J connectivity index is 1.54. The van der Waals surface area contributed by atoms with Crippen LogP contribution in [0.5, 0.6) is 0 Å². The number of aliphatic hydroxyl groups excluding tert-OH is 1. The predicted octanol–water partition coefficient (Wildman–Crippen LogP) is 2.69. The first kappa shape index (κ1) is 22.2. The summed E-state index contributed by atoms with van der Waals surface area (Å²) in [5.41, 5.74) is 1.62. The van der Waals surface area contributed by atoms with Gasteiger partial charge in [-0.1, -0.05) is 25.4 Å². The van der Waals surface area contributed by atoms with Crippen LogP contribution in [0.2, 0.25) is 5.02 Å². The molecule has 168 valence electrons. The molecule has 10 heteroatoms. The Morgan fingerprint density at radius 1 is 1.23 bits per heavy atom. The van der Waals surface area contributed by atoms with Crippen LogP contribution < -0.4 is 15.1 Å². The van der Waals surface area contributed by atoms with Gasteiger partial charge in [0.1, 0.15) is 16.5 Å². The fourth-order valence-corrected chi connectivity index (χ4v) is 5.30. The van der Waals surface area contributed by atoms with Crippen LogP contribution >= 0.6 is 11.6 Å². The molecule has 2 aliphatic heterocycles. The first-order chi connectivity index (χ1) is 14.9. The van der Waals surface area contributed by atoms with Crippen LogP contribution in [0, 0.1) is 11.7 Å². The minimum absolute atomic E-state index is 0.0330. The number of aryl methyl sites for hydroxylation is 1. The number of nitrogens with one attached hydrogen (secondary N) is 1. The molecule has 1 aromatic carbocycles. The molecule has 0 amide bonds. The highest BCUT2D eigenvalue weighted by Crippen LogP contribution is 2.31. The zero-order chi connectivity index (χ0) is 22.1. The van der Waals surface area contributed by atoms with E-state index in [-0.39, 0.29) is 23.6 Å². The lowest BCUT2D eigenvalue weighted by molar-refractivity contribution is 0.249. The van der Waals surface area contributed by atoms with E-state index in [9.17, 15) is 13.7 Å². The molecule has 1 unspecified atom stereocenters. The molecule has 0 radical (unpaired) electrons. The lowest BCUT2D eigenvalue weighted by atomic mass is 10.1. The number of nitrogens with zero attached hydrogens (tertiary/aromatic N) is 4.